The number of benzene rings is 1. The van der Waals surface area contributed by atoms with Gasteiger partial charge in [0.15, 0.2) is 0 Å². The summed E-state index contributed by atoms with van der Waals surface area (Å²) < 4.78 is 38.1. The van der Waals surface area contributed by atoms with E-state index < -0.39 is 10.0 Å². The number of sulfonamides is 1. The Morgan fingerprint density at radius 2 is 2.00 bits per heavy atom. The van der Waals surface area contributed by atoms with Gasteiger partial charge in [0, 0.05) is 36.5 Å². The van der Waals surface area contributed by atoms with Gasteiger partial charge in [-0.15, -0.1) is 11.3 Å². The Morgan fingerprint density at radius 1 is 1.27 bits per heavy atom. The second-order valence-corrected chi connectivity index (χ2v) is 11.3. The molecule has 1 amide bonds. The van der Waals surface area contributed by atoms with Crippen LogP contribution in [0.4, 0.5) is 5.69 Å². The number of piperidine rings is 1. The normalized spacial score (nSPS) is 15.5. The first-order valence-electron chi connectivity index (χ1n) is 10.2. The number of hydrogen-bond acceptors (Lipinski definition) is 8. The molecule has 3 heterocycles. The third kappa shape index (κ3) is 4.91. The molecule has 4 rings (SSSR count). The maximum absolute atomic E-state index is 13.3. The zero-order chi connectivity index (χ0) is 23.8. The van der Waals surface area contributed by atoms with Crippen molar-refractivity contribution in [3.05, 3.63) is 40.1 Å². The minimum Gasteiger partial charge on any atom is -0.495 e. The topological polar surface area (TPSA) is 115 Å². The quantitative estimate of drug-likeness (QED) is 0.530. The lowest BCUT2D eigenvalue weighted by Gasteiger charge is -2.30. The van der Waals surface area contributed by atoms with Crippen molar-refractivity contribution in [3.8, 4) is 16.5 Å². The minimum atomic E-state index is -3.70. The van der Waals surface area contributed by atoms with Gasteiger partial charge in [0.25, 0.3) is 0 Å². The largest absolute Gasteiger partial charge is 0.495 e. The summed E-state index contributed by atoms with van der Waals surface area (Å²) in [7, 11) is -2.18. The molecular weight excluding hydrogens is 488 g/mol. The predicted molar refractivity (Wildman–Crippen MR) is 125 cm³/mol. The van der Waals surface area contributed by atoms with Crippen molar-refractivity contribution in [1.29, 1.82) is 0 Å². The number of nitrogens with one attached hydrogen (secondary N) is 1. The highest BCUT2D eigenvalue weighted by molar-refractivity contribution is 7.89. The third-order valence-electron chi connectivity index (χ3n) is 5.48. The van der Waals surface area contributed by atoms with Crippen LogP contribution in [0.5, 0.6) is 5.75 Å². The van der Waals surface area contributed by atoms with E-state index in [9.17, 15) is 13.2 Å². The van der Waals surface area contributed by atoms with E-state index in [0.717, 1.165) is 0 Å². The van der Waals surface area contributed by atoms with E-state index in [0.29, 0.717) is 50.8 Å². The van der Waals surface area contributed by atoms with Crippen molar-refractivity contribution in [2.75, 3.05) is 25.5 Å². The number of rotatable bonds is 6. The maximum Gasteiger partial charge on any atom is 0.244 e. The third-order valence-corrected chi connectivity index (χ3v) is 8.98. The summed E-state index contributed by atoms with van der Waals surface area (Å²) in [6, 6.07) is 6.61. The molecule has 2 aromatic heterocycles. The summed E-state index contributed by atoms with van der Waals surface area (Å²) in [5.41, 5.74) is 0.569. The number of anilines is 1. The first kappa shape index (κ1) is 23.7. The molecule has 0 unspecified atom stereocenters. The number of hydrogen-bond donors (Lipinski definition) is 1. The Labute approximate surface area is 200 Å². The molecule has 1 aliphatic heterocycles. The standard InChI is InChI=1S/C21H23ClN4O5S2/c1-12-19(11-18(32-12)20-23-13(2)31-25-20)33(28,29)26-8-6-14(7-9-26)21(27)24-15-4-5-17(30-3)16(22)10-15/h4-5,10-11,14H,6-9H2,1-3H3,(H,24,27). The highest BCUT2D eigenvalue weighted by atomic mass is 35.5. The van der Waals surface area contributed by atoms with Gasteiger partial charge in [-0.1, -0.05) is 16.8 Å². The lowest BCUT2D eigenvalue weighted by molar-refractivity contribution is -0.120. The van der Waals surface area contributed by atoms with Crippen LogP contribution in [0.1, 0.15) is 23.6 Å². The average molecular weight is 511 g/mol. The van der Waals surface area contributed by atoms with Gasteiger partial charge < -0.3 is 14.6 Å². The Hall–Kier alpha value is -2.47. The van der Waals surface area contributed by atoms with Crippen LogP contribution in [0.15, 0.2) is 33.7 Å². The fourth-order valence-corrected chi connectivity index (χ4v) is 6.93. The van der Waals surface area contributed by atoms with Gasteiger partial charge in [-0.3, -0.25) is 4.79 Å². The number of thiophene rings is 1. The number of carbonyl (C=O) groups is 1. The molecule has 1 fully saturated rings. The molecule has 1 aliphatic rings. The number of nitrogens with zero attached hydrogens (tertiary/aromatic N) is 3. The SMILES string of the molecule is COc1ccc(NC(=O)C2CCN(S(=O)(=O)c3cc(-c4noc(C)n4)sc3C)CC2)cc1Cl. The summed E-state index contributed by atoms with van der Waals surface area (Å²) >= 11 is 7.43. The maximum atomic E-state index is 13.3. The summed E-state index contributed by atoms with van der Waals surface area (Å²) in [4.78, 5) is 18.4. The molecule has 0 saturated carbocycles. The lowest BCUT2D eigenvalue weighted by atomic mass is 9.97. The van der Waals surface area contributed by atoms with Crippen molar-refractivity contribution in [3.63, 3.8) is 0 Å². The molecule has 0 radical (unpaired) electrons. The molecule has 1 aromatic carbocycles. The van der Waals surface area contributed by atoms with Crippen LogP contribution in [0.25, 0.3) is 10.7 Å². The fraction of sp³-hybridized carbons (Fsp3) is 0.381. The van der Waals surface area contributed by atoms with Crippen LogP contribution in [-0.2, 0) is 14.8 Å². The van der Waals surface area contributed by atoms with Gasteiger partial charge in [0.1, 0.15) is 5.75 Å². The number of ether oxygens (including phenoxy) is 1. The van der Waals surface area contributed by atoms with Crippen molar-refractivity contribution in [2.24, 2.45) is 5.92 Å². The van der Waals surface area contributed by atoms with Crippen LogP contribution in [0.3, 0.4) is 0 Å². The van der Waals surface area contributed by atoms with Gasteiger partial charge in [0.05, 0.1) is 21.9 Å². The first-order valence-corrected chi connectivity index (χ1v) is 12.9. The number of aryl methyl sites for hydroxylation is 2. The Balaban J connectivity index is 1.41. The summed E-state index contributed by atoms with van der Waals surface area (Å²) in [6.07, 6.45) is 0.851. The number of amides is 1. The second-order valence-electron chi connectivity index (χ2n) is 7.69. The number of halogens is 1. The molecule has 1 saturated heterocycles. The van der Waals surface area contributed by atoms with E-state index in [2.05, 4.69) is 15.5 Å². The average Bonchev–Trinajstić information content (AvgIpc) is 3.40. The van der Waals surface area contributed by atoms with Crippen LogP contribution in [-0.4, -0.2) is 49.0 Å². The van der Waals surface area contributed by atoms with Gasteiger partial charge in [-0.2, -0.15) is 9.29 Å². The molecule has 0 spiro atoms. The number of methoxy groups -OCH3 is 1. The van der Waals surface area contributed by atoms with E-state index in [1.54, 1.807) is 38.1 Å². The van der Waals surface area contributed by atoms with E-state index in [1.165, 1.54) is 22.8 Å². The molecule has 0 bridgehead atoms. The molecule has 12 heteroatoms. The van der Waals surface area contributed by atoms with Crippen molar-refractivity contribution >= 4 is 44.6 Å². The Bertz CT molecular complexity index is 1280. The van der Waals surface area contributed by atoms with E-state index in [-0.39, 0.29) is 29.8 Å². The fourth-order valence-electron chi connectivity index (χ4n) is 3.72. The van der Waals surface area contributed by atoms with Crippen LogP contribution < -0.4 is 10.1 Å². The van der Waals surface area contributed by atoms with Crippen molar-refractivity contribution in [1.82, 2.24) is 14.4 Å². The van der Waals surface area contributed by atoms with Gasteiger partial charge in [-0.05, 0) is 44.0 Å². The molecule has 33 heavy (non-hydrogen) atoms. The Morgan fingerprint density at radius 3 is 2.61 bits per heavy atom. The molecule has 1 N–H and O–H groups in total. The summed E-state index contributed by atoms with van der Waals surface area (Å²) in [5, 5.41) is 7.12. The smallest absolute Gasteiger partial charge is 0.244 e. The van der Waals surface area contributed by atoms with Gasteiger partial charge in [-0.25, -0.2) is 8.42 Å². The lowest BCUT2D eigenvalue weighted by Crippen LogP contribution is -2.41. The minimum absolute atomic E-state index is 0.158. The zero-order valence-corrected chi connectivity index (χ0v) is 20.7. The van der Waals surface area contributed by atoms with Crippen molar-refractivity contribution in [2.45, 2.75) is 31.6 Å². The first-order chi connectivity index (χ1) is 15.7. The number of aromatic nitrogens is 2. The summed E-state index contributed by atoms with van der Waals surface area (Å²) in [6.45, 7) is 3.96. The summed E-state index contributed by atoms with van der Waals surface area (Å²) in [5.74, 6) is 0.858. The van der Waals surface area contributed by atoms with Crippen LogP contribution >= 0.6 is 22.9 Å². The van der Waals surface area contributed by atoms with E-state index in [4.69, 9.17) is 20.9 Å². The molecule has 3 aromatic rings. The highest BCUT2D eigenvalue weighted by Crippen LogP contribution is 2.35. The van der Waals surface area contributed by atoms with Crippen molar-refractivity contribution < 1.29 is 22.5 Å². The number of carbonyl (C=O) groups excluding carboxylic acids is 1. The molecule has 0 aliphatic carbocycles. The molecule has 176 valence electrons. The predicted octanol–water partition coefficient (Wildman–Crippen LogP) is 4.12. The zero-order valence-electron chi connectivity index (χ0n) is 18.3. The monoisotopic (exact) mass is 510 g/mol. The second kappa shape index (κ2) is 9.41. The Kier molecular flexibility index (Phi) is 6.76. The van der Waals surface area contributed by atoms with E-state index >= 15 is 0 Å². The van der Waals surface area contributed by atoms with Gasteiger partial charge >= 0.3 is 0 Å². The highest BCUT2D eigenvalue weighted by Gasteiger charge is 2.34. The molecule has 0 atom stereocenters. The molecule has 9 nitrogen and oxygen atoms in total. The molecular formula is C21H23ClN4O5S2. The van der Waals surface area contributed by atoms with Gasteiger partial charge in [0.2, 0.25) is 27.6 Å². The van der Waals surface area contributed by atoms with Crippen LogP contribution in [0, 0.1) is 19.8 Å². The van der Waals surface area contributed by atoms with E-state index in [1.807, 2.05) is 0 Å². The van der Waals surface area contributed by atoms with Crippen LogP contribution in [0.2, 0.25) is 5.02 Å².